The van der Waals surface area contributed by atoms with Crippen LogP contribution in [0.2, 0.25) is 0 Å². The van der Waals surface area contributed by atoms with Crippen molar-refractivity contribution < 1.29 is 4.79 Å². The van der Waals surface area contributed by atoms with Crippen LogP contribution in [0.25, 0.3) is 16.5 Å². The number of halogens is 1. The second kappa shape index (κ2) is 6.57. The van der Waals surface area contributed by atoms with E-state index in [-0.39, 0.29) is 11.3 Å². The Morgan fingerprint density at radius 1 is 1.12 bits per heavy atom. The quantitative estimate of drug-likeness (QED) is 0.666. The molecule has 1 atom stereocenters. The number of carbonyl (C=O) groups is 1. The summed E-state index contributed by atoms with van der Waals surface area (Å²) in [5.74, 6) is 0.445. The minimum atomic E-state index is -0.684. The summed E-state index contributed by atoms with van der Waals surface area (Å²) in [6, 6.07) is 14.5. The number of hydrogen-bond donors (Lipinski definition) is 0. The summed E-state index contributed by atoms with van der Waals surface area (Å²) in [4.78, 5) is 24.4. The van der Waals surface area contributed by atoms with Crippen molar-refractivity contribution in [2.24, 2.45) is 0 Å². The summed E-state index contributed by atoms with van der Waals surface area (Å²) in [5.41, 5.74) is 1.61. The van der Waals surface area contributed by atoms with Gasteiger partial charge in [0.05, 0.1) is 11.1 Å². The number of nitrogens with zero attached hydrogens (tertiary/aromatic N) is 2. The van der Waals surface area contributed by atoms with Gasteiger partial charge in [0.15, 0.2) is 5.69 Å². The van der Waals surface area contributed by atoms with Crippen molar-refractivity contribution in [3.05, 3.63) is 70.1 Å². The predicted molar refractivity (Wildman–Crippen MR) is 96.2 cm³/mol. The van der Waals surface area contributed by atoms with Crippen molar-refractivity contribution in [1.29, 1.82) is 0 Å². The second-order valence-corrected chi connectivity index (χ2v) is 6.13. The Bertz CT molecular complexity index is 961. The first-order valence-corrected chi connectivity index (χ1v) is 8.23. The fourth-order valence-electron chi connectivity index (χ4n) is 2.69. The van der Waals surface area contributed by atoms with E-state index in [9.17, 15) is 9.59 Å². The summed E-state index contributed by atoms with van der Waals surface area (Å²) in [7, 11) is 0. The molecule has 0 fully saturated rings. The van der Waals surface area contributed by atoms with Crippen LogP contribution in [0, 0.1) is 0 Å². The molecule has 5 heteroatoms. The Morgan fingerprint density at radius 3 is 2.33 bits per heavy atom. The molecule has 1 aromatic heterocycles. The molecule has 3 rings (SSSR count). The van der Waals surface area contributed by atoms with Crippen molar-refractivity contribution in [3.8, 4) is 5.69 Å². The SMILES string of the molecule is CCC(C)c1ccc(-n2nc(C(=O)Cl)c3ccccc3c2=O)cc1. The topological polar surface area (TPSA) is 52.0 Å². The first-order chi connectivity index (χ1) is 11.5. The lowest BCUT2D eigenvalue weighted by Gasteiger charge is -2.12. The number of benzene rings is 2. The van der Waals surface area contributed by atoms with Crippen molar-refractivity contribution in [2.75, 3.05) is 0 Å². The summed E-state index contributed by atoms with van der Waals surface area (Å²) in [6.45, 7) is 4.28. The zero-order valence-electron chi connectivity index (χ0n) is 13.5. The third kappa shape index (κ3) is 2.85. The van der Waals surface area contributed by atoms with Crippen molar-refractivity contribution in [3.63, 3.8) is 0 Å². The third-order valence-electron chi connectivity index (χ3n) is 4.31. The Hall–Kier alpha value is -2.46. The summed E-state index contributed by atoms with van der Waals surface area (Å²) in [5, 5.41) is 4.39. The average molecular weight is 341 g/mol. The van der Waals surface area contributed by atoms with Crippen LogP contribution in [0.3, 0.4) is 0 Å². The van der Waals surface area contributed by atoms with E-state index in [0.29, 0.717) is 22.4 Å². The van der Waals surface area contributed by atoms with Crippen molar-refractivity contribution in [1.82, 2.24) is 9.78 Å². The van der Waals surface area contributed by atoms with E-state index in [0.717, 1.165) is 6.42 Å². The number of fused-ring (bicyclic) bond motifs is 1. The van der Waals surface area contributed by atoms with Crippen molar-refractivity contribution >= 4 is 27.6 Å². The van der Waals surface area contributed by atoms with Crippen LogP contribution >= 0.6 is 11.6 Å². The highest BCUT2D eigenvalue weighted by Crippen LogP contribution is 2.21. The van der Waals surface area contributed by atoms with Crippen molar-refractivity contribution in [2.45, 2.75) is 26.2 Å². The molecule has 0 aliphatic heterocycles. The number of rotatable bonds is 4. The molecule has 1 heterocycles. The van der Waals surface area contributed by atoms with Gasteiger partial charge in [0, 0.05) is 5.39 Å². The number of hydrogen-bond acceptors (Lipinski definition) is 3. The first-order valence-electron chi connectivity index (χ1n) is 7.85. The van der Waals surface area contributed by atoms with Crippen LogP contribution in [-0.2, 0) is 0 Å². The van der Waals surface area contributed by atoms with Gasteiger partial charge in [-0.15, -0.1) is 0 Å². The molecule has 0 saturated carbocycles. The molecule has 122 valence electrons. The molecule has 0 saturated heterocycles. The molecule has 3 aromatic rings. The molecule has 0 radical (unpaired) electrons. The largest absolute Gasteiger partial charge is 0.279 e. The molecule has 0 N–H and O–H groups in total. The van der Waals surface area contributed by atoms with Gasteiger partial charge in [-0.1, -0.05) is 44.2 Å². The Kier molecular flexibility index (Phi) is 4.49. The molecule has 4 nitrogen and oxygen atoms in total. The van der Waals surface area contributed by atoms with Gasteiger partial charge < -0.3 is 0 Å². The third-order valence-corrected chi connectivity index (χ3v) is 4.49. The highest BCUT2D eigenvalue weighted by Gasteiger charge is 2.15. The highest BCUT2D eigenvalue weighted by atomic mass is 35.5. The summed E-state index contributed by atoms with van der Waals surface area (Å²) in [6.07, 6.45) is 1.04. The Balaban J connectivity index is 2.21. The molecule has 0 spiro atoms. The molecule has 24 heavy (non-hydrogen) atoms. The molecule has 1 unspecified atom stereocenters. The number of aromatic nitrogens is 2. The maximum absolute atomic E-state index is 12.7. The van der Waals surface area contributed by atoms with E-state index in [1.807, 2.05) is 24.3 Å². The van der Waals surface area contributed by atoms with E-state index in [2.05, 4.69) is 18.9 Å². The lowest BCUT2D eigenvalue weighted by Crippen LogP contribution is -2.23. The van der Waals surface area contributed by atoms with Crippen LogP contribution in [0.15, 0.2) is 53.3 Å². The van der Waals surface area contributed by atoms with Crippen LogP contribution < -0.4 is 5.56 Å². The van der Waals surface area contributed by atoms with Gasteiger partial charge in [0.1, 0.15) is 0 Å². The predicted octanol–water partition coefficient (Wildman–Crippen LogP) is 4.28. The fraction of sp³-hybridized carbons (Fsp3) is 0.211. The van der Waals surface area contributed by atoms with Gasteiger partial charge in [-0.05, 0) is 47.7 Å². The molecule has 0 amide bonds. The molecule has 0 bridgehead atoms. The van der Waals surface area contributed by atoms with Gasteiger partial charge in [-0.3, -0.25) is 9.59 Å². The number of carbonyl (C=O) groups excluding carboxylic acids is 1. The fourth-order valence-corrected chi connectivity index (χ4v) is 2.83. The monoisotopic (exact) mass is 340 g/mol. The zero-order chi connectivity index (χ0) is 17.3. The maximum Gasteiger partial charge on any atom is 0.279 e. The molecule has 2 aromatic carbocycles. The molecular formula is C19H17ClN2O2. The normalized spacial score (nSPS) is 12.3. The van der Waals surface area contributed by atoms with E-state index in [1.54, 1.807) is 24.3 Å². The average Bonchev–Trinajstić information content (AvgIpc) is 2.61. The zero-order valence-corrected chi connectivity index (χ0v) is 14.2. The highest BCUT2D eigenvalue weighted by molar-refractivity contribution is 6.68. The van der Waals surface area contributed by atoms with E-state index in [1.165, 1.54) is 10.2 Å². The minimum absolute atomic E-state index is 0.0814. The second-order valence-electron chi connectivity index (χ2n) is 5.79. The maximum atomic E-state index is 12.7. The molecular weight excluding hydrogens is 324 g/mol. The van der Waals surface area contributed by atoms with E-state index >= 15 is 0 Å². The minimum Gasteiger partial charge on any atom is -0.274 e. The molecule has 0 aliphatic rings. The van der Waals surface area contributed by atoms with Gasteiger partial charge in [0.25, 0.3) is 10.8 Å². The van der Waals surface area contributed by atoms with Gasteiger partial charge in [0.2, 0.25) is 0 Å². The van der Waals surface area contributed by atoms with Crippen LogP contribution in [-0.4, -0.2) is 15.0 Å². The van der Waals surface area contributed by atoms with Crippen LogP contribution in [0.5, 0.6) is 0 Å². The standard InChI is InChI=1S/C19H17ClN2O2/c1-3-12(2)13-8-10-14(11-9-13)22-19(24)16-7-5-4-6-15(16)17(21-22)18(20)23/h4-12H,3H2,1-2H3. The molecule has 0 aliphatic carbocycles. The summed E-state index contributed by atoms with van der Waals surface area (Å²) >= 11 is 5.66. The smallest absolute Gasteiger partial charge is 0.274 e. The van der Waals surface area contributed by atoms with Crippen LogP contribution in [0.4, 0.5) is 0 Å². The van der Waals surface area contributed by atoms with E-state index < -0.39 is 5.24 Å². The van der Waals surface area contributed by atoms with E-state index in [4.69, 9.17) is 11.6 Å². The first kappa shape index (κ1) is 16.4. The van der Waals surface area contributed by atoms with Crippen LogP contribution in [0.1, 0.15) is 42.2 Å². The lowest BCUT2D eigenvalue weighted by molar-refractivity contribution is 0.107. The van der Waals surface area contributed by atoms with Gasteiger partial charge in [-0.25, -0.2) is 0 Å². The summed E-state index contributed by atoms with van der Waals surface area (Å²) < 4.78 is 1.23. The van der Waals surface area contributed by atoms with Gasteiger partial charge in [-0.2, -0.15) is 9.78 Å². The Labute approximate surface area is 144 Å². The van der Waals surface area contributed by atoms with Gasteiger partial charge >= 0.3 is 0 Å². The lowest BCUT2D eigenvalue weighted by atomic mass is 9.99. The Morgan fingerprint density at radius 2 is 1.75 bits per heavy atom.